The van der Waals surface area contributed by atoms with Gasteiger partial charge in [-0.2, -0.15) is 0 Å². The lowest BCUT2D eigenvalue weighted by molar-refractivity contribution is 0.302. The van der Waals surface area contributed by atoms with Crippen LogP contribution in [0.15, 0.2) is 23.1 Å². The van der Waals surface area contributed by atoms with Crippen LogP contribution in [0.25, 0.3) is 0 Å². The van der Waals surface area contributed by atoms with Gasteiger partial charge in [0.15, 0.2) is 0 Å². The maximum absolute atomic E-state index is 11.0. The highest BCUT2D eigenvalue weighted by molar-refractivity contribution is 5.09. The molecule has 90 valence electrons. The molecule has 4 nitrogen and oxygen atoms in total. The molecule has 0 saturated carbocycles. The first kappa shape index (κ1) is 12.9. The number of pyridine rings is 1. The van der Waals surface area contributed by atoms with E-state index < -0.39 is 0 Å². The van der Waals surface area contributed by atoms with E-state index in [4.69, 9.17) is 0 Å². The highest BCUT2D eigenvalue weighted by Gasteiger charge is 1.98. The number of nitrogens with zero attached hydrogens (tertiary/aromatic N) is 1. The number of H-pyrrole nitrogens is 1. The molecular formula is C12H21N3O. The monoisotopic (exact) mass is 223 g/mol. The van der Waals surface area contributed by atoms with Gasteiger partial charge in [0, 0.05) is 31.9 Å². The molecule has 0 atom stereocenters. The summed E-state index contributed by atoms with van der Waals surface area (Å²) in [6, 6.07) is 3.55. The van der Waals surface area contributed by atoms with E-state index in [0.717, 1.165) is 38.3 Å². The summed E-state index contributed by atoms with van der Waals surface area (Å²) in [6.45, 7) is 9.27. The molecule has 0 saturated heterocycles. The third-order valence-corrected chi connectivity index (χ3v) is 2.67. The zero-order chi connectivity index (χ0) is 11.8. The molecule has 0 unspecified atom stereocenters. The SMILES string of the molecule is CCN(CC)CCNCc1cc[nH]c(=O)c1. The second-order valence-electron chi connectivity index (χ2n) is 3.76. The number of aromatic nitrogens is 1. The van der Waals surface area contributed by atoms with Crippen molar-refractivity contribution in [3.05, 3.63) is 34.2 Å². The summed E-state index contributed by atoms with van der Waals surface area (Å²) < 4.78 is 0. The fraction of sp³-hybridized carbons (Fsp3) is 0.583. The van der Waals surface area contributed by atoms with E-state index >= 15 is 0 Å². The number of hydrogen-bond donors (Lipinski definition) is 2. The predicted octanol–water partition coefficient (Wildman–Crippen LogP) is 0.806. The van der Waals surface area contributed by atoms with Gasteiger partial charge in [-0.25, -0.2) is 0 Å². The minimum Gasteiger partial charge on any atom is -0.329 e. The van der Waals surface area contributed by atoms with Gasteiger partial charge in [-0.05, 0) is 24.7 Å². The van der Waals surface area contributed by atoms with Crippen molar-refractivity contribution in [2.45, 2.75) is 20.4 Å². The first-order chi connectivity index (χ1) is 7.76. The average molecular weight is 223 g/mol. The molecule has 4 heteroatoms. The maximum atomic E-state index is 11.0. The Hall–Kier alpha value is -1.13. The standard InChI is InChI=1S/C12H21N3O/c1-3-15(4-2)8-7-13-10-11-5-6-14-12(16)9-11/h5-6,9,13H,3-4,7-8,10H2,1-2H3,(H,14,16). The van der Waals surface area contributed by atoms with Crippen molar-refractivity contribution in [2.75, 3.05) is 26.2 Å². The number of hydrogen-bond acceptors (Lipinski definition) is 3. The normalized spacial score (nSPS) is 10.9. The van der Waals surface area contributed by atoms with Crippen molar-refractivity contribution in [1.29, 1.82) is 0 Å². The Morgan fingerprint density at radius 3 is 2.75 bits per heavy atom. The number of nitrogens with one attached hydrogen (secondary N) is 2. The Bertz CT molecular complexity index is 344. The number of likely N-dealkylation sites (N-methyl/N-ethyl adjacent to an activating group) is 1. The number of aromatic amines is 1. The first-order valence-electron chi connectivity index (χ1n) is 5.87. The van der Waals surface area contributed by atoms with E-state index in [2.05, 4.69) is 29.0 Å². The van der Waals surface area contributed by atoms with E-state index in [1.807, 2.05) is 6.07 Å². The van der Waals surface area contributed by atoms with Gasteiger partial charge in [0.1, 0.15) is 0 Å². The minimum atomic E-state index is -0.0388. The fourth-order valence-electron chi connectivity index (χ4n) is 1.61. The molecule has 0 bridgehead atoms. The summed E-state index contributed by atoms with van der Waals surface area (Å²) in [4.78, 5) is 16.0. The van der Waals surface area contributed by atoms with Gasteiger partial charge in [-0.15, -0.1) is 0 Å². The molecule has 1 rings (SSSR count). The van der Waals surface area contributed by atoms with Crippen LogP contribution in [0.5, 0.6) is 0 Å². The van der Waals surface area contributed by atoms with Gasteiger partial charge in [0.05, 0.1) is 0 Å². The molecule has 2 N–H and O–H groups in total. The molecule has 1 heterocycles. The van der Waals surface area contributed by atoms with Crippen molar-refractivity contribution < 1.29 is 0 Å². The van der Waals surface area contributed by atoms with Crippen LogP contribution in [0.3, 0.4) is 0 Å². The van der Waals surface area contributed by atoms with Crippen LogP contribution in [-0.2, 0) is 6.54 Å². The molecule has 0 radical (unpaired) electrons. The van der Waals surface area contributed by atoms with Crippen LogP contribution in [-0.4, -0.2) is 36.1 Å². The molecule has 0 aliphatic heterocycles. The Balaban J connectivity index is 2.23. The van der Waals surface area contributed by atoms with E-state index in [9.17, 15) is 4.79 Å². The summed E-state index contributed by atoms with van der Waals surface area (Å²) in [5.41, 5.74) is 0.992. The Kier molecular flexibility index (Phi) is 5.82. The van der Waals surface area contributed by atoms with Crippen LogP contribution >= 0.6 is 0 Å². The zero-order valence-corrected chi connectivity index (χ0v) is 10.1. The van der Waals surface area contributed by atoms with E-state index in [1.54, 1.807) is 12.3 Å². The number of rotatable bonds is 7. The molecular weight excluding hydrogens is 202 g/mol. The van der Waals surface area contributed by atoms with Crippen LogP contribution in [0.1, 0.15) is 19.4 Å². The molecule has 0 spiro atoms. The van der Waals surface area contributed by atoms with Crippen LogP contribution in [0.4, 0.5) is 0 Å². The Morgan fingerprint density at radius 2 is 2.12 bits per heavy atom. The third-order valence-electron chi connectivity index (χ3n) is 2.67. The van der Waals surface area contributed by atoms with Gasteiger partial charge in [-0.3, -0.25) is 4.79 Å². The van der Waals surface area contributed by atoms with E-state index in [1.165, 1.54) is 0 Å². The Labute approximate surface area is 96.7 Å². The Morgan fingerprint density at radius 1 is 1.38 bits per heavy atom. The summed E-state index contributed by atoms with van der Waals surface area (Å²) in [5, 5.41) is 3.33. The quantitative estimate of drug-likeness (QED) is 0.672. The maximum Gasteiger partial charge on any atom is 0.248 e. The molecule has 1 aromatic rings. The molecule has 0 amide bonds. The van der Waals surface area contributed by atoms with Crippen LogP contribution < -0.4 is 10.9 Å². The molecule has 0 aromatic carbocycles. The van der Waals surface area contributed by atoms with Crippen molar-refractivity contribution in [3.63, 3.8) is 0 Å². The lowest BCUT2D eigenvalue weighted by Crippen LogP contribution is -2.31. The average Bonchev–Trinajstić information content (AvgIpc) is 2.29. The van der Waals surface area contributed by atoms with Gasteiger partial charge in [-0.1, -0.05) is 13.8 Å². The highest BCUT2D eigenvalue weighted by Crippen LogP contribution is 1.91. The minimum absolute atomic E-state index is 0.0388. The first-order valence-corrected chi connectivity index (χ1v) is 5.87. The molecule has 0 aliphatic carbocycles. The van der Waals surface area contributed by atoms with Gasteiger partial charge in [0.25, 0.3) is 0 Å². The summed E-state index contributed by atoms with van der Waals surface area (Å²) in [7, 11) is 0. The molecule has 0 fully saturated rings. The van der Waals surface area contributed by atoms with Crippen molar-refractivity contribution in [3.8, 4) is 0 Å². The van der Waals surface area contributed by atoms with E-state index in [-0.39, 0.29) is 5.56 Å². The summed E-state index contributed by atoms with van der Waals surface area (Å²) >= 11 is 0. The summed E-state index contributed by atoms with van der Waals surface area (Å²) in [6.07, 6.45) is 1.68. The van der Waals surface area contributed by atoms with Gasteiger partial charge < -0.3 is 15.2 Å². The smallest absolute Gasteiger partial charge is 0.248 e. The topological polar surface area (TPSA) is 48.1 Å². The van der Waals surface area contributed by atoms with Crippen molar-refractivity contribution in [1.82, 2.24) is 15.2 Å². The van der Waals surface area contributed by atoms with Gasteiger partial charge >= 0.3 is 0 Å². The zero-order valence-electron chi connectivity index (χ0n) is 10.1. The fourth-order valence-corrected chi connectivity index (χ4v) is 1.61. The molecule has 16 heavy (non-hydrogen) atoms. The van der Waals surface area contributed by atoms with Crippen LogP contribution in [0, 0.1) is 0 Å². The molecule has 0 aliphatic rings. The van der Waals surface area contributed by atoms with Gasteiger partial charge in [0.2, 0.25) is 5.56 Å². The largest absolute Gasteiger partial charge is 0.329 e. The van der Waals surface area contributed by atoms with Crippen molar-refractivity contribution in [2.24, 2.45) is 0 Å². The predicted molar refractivity (Wildman–Crippen MR) is 66.6 cm³/mol. The van der Waals surface area contributed by atoms with Crippen molar-refractivity contribution >= 4 is 0 Å². The third kappa shape index (κ3) is 4.59. The lowest BCUT2D eigenvalue weighted by atomic mass is 10.2. The van der Waals surface area contributed by atoms with Crippen LogP contribution in [0.2, 0.25) is 0 Å². The van der Waals surface area contributed by atoms with E-state index in [0.29, 0.717) is 0 Å². The second-order valence-corrected chi connectivity index (χ2v) is 3.76. The second kappa shape index (κ2) is 7.19. The molecule has 1 aromatic heterocycles. The summed E-state index contributed by atoms with van der Waals surface area (Å²) in [5.74, 6) is 0. The lowest BCUT2D eigenvalue weighted by Gasteiger charge is -2.17. The highest BCUT2D eigenvalue weighted by atomic mass is 16.1.